The van der Waals surface area contributed by atoms with Crippen molar-refractivity contribution in [2.24, 2.45) is 7.05 Å². The fourth-order valence-corrected chi connectivity index (χ4v) is 2.48. The number of hydrogen-bond acceptors (Lipinski definition) is 4. The first-order chi connectivity index (χ1) is 8.13. The number of rotatable bonds is 2. The predicted molar refractivity (Wildman–Crippen MR) is 63.3 cm³/mol. The lowest BCUT2D eigenvalue weighted by molar-refractivity contribution is 0.158. The minimum atomic E-state index is -0.145. The molecule has 1 fully saturated rings. The Morgan fingerprint density at radius 2 is 2.18 bits per heavy atom. The molecule has 0 spiro atoms. The third-order valence-electron chi connectivity index (χ3n) is 3.68. The highest BCUT2D eigenvalue weighted by Crippen LogP contribution is 2.43. The third kappa shape index (κ3) is 1.30. The van der Waals surface area contributed by atoms with Crippen LogP contribution in [0.5, 0.6) is 0 Å². The van der Waals surface area contributed by atoms with Gasteiger partial charge in [-0.3, -0.25) is 9.36 Å². The summed E-state index contributed by atoms with van der Waals surface area (Å²) < 4.78 is 3.79. The molecule has 0 radical (unpaired) electrons. The quantitative estimate of drug-likeness (QED) is 0.832. The summed E-state index contributed by atoms with van der Waals surface area (Å²) in [5.74, 6) is 0.964. The first-order valence-corrected chi connectivity index (χ1v) is 5.80. The number of nitrogens with zero attached hydrogens (tertiary/aromatic N) is 5. The maximum atomic E-state index is 5.88. The van der Waals surface area contributed by atoms with E-state index < -0.39 is 0 Å². The molecule has 0 amide bonds. The summed E-state index contributed by atoms with van der Waals surface area (Å²) >= 11 is 0. The summed E-state index contributed by atoms with van der Waals surface area (Å²) in [6.07, 6.45) is 6.77. The Hall–Kier alpha value is -1.85. The second-order valence-electron chi connectivity index (χ2n) is 4.71. The monoisotopic (exact) mass is 232 g/mol. The summed E-state index contributed by atoms with van der Waals surface area (Å²) in [6.45, 7) is 1.93. The molecule has 0 aliphatic heterocycles. The summed E-state index contributed by atoms with van der Waals surface area (Å²) in [4.78, 5) is 4.38. The van der Waals surface area contributed by atoms with E-state index in [1.165, 1.54) is 6.42 Å². The minimum absolute atomic E-state index is 0.145. The Morgan fingerprint density at radius 3 is 2.59 bits per heavy atom. The van der Waals surface area contributed by atoms with Crippen molar-refractivity contribution in [2.45, 2.75) is 31.7 Å². The summed E-state index contributed by atoms with van der Waals surface area (Å²) in [6, 6.07) is 0. The molecule has 0 saturated heterocycles. The first-order valence-electron chi connectivity index (χ1n) is 5.80. The Labute approximate surface area is 99.4 Å². The molecule has 2 aromatic rings. The van der Waals surface area contributed by atoms with E-state index in [9.17, 15) is 0 Å². The van der Waals surface area contributed by atoms with Crippen molar-refractivity contribution in [3.8, 4) is 0 Å². The molecule has 0 bridgehead atoms. The normalized spacial score (nSPS) is 18.0. The van der Waals surface area contributed by atoms with Gasteiger partial charge in [-0.1, -0.05) is 0 Å². The molecule has 0 aromatic carbocycles. The van der Waals surface area contributed by atoms with Gasteiger partial charge in [0.2, 0.25) is 0 Å². The Morgan fingerprint density at radius 1 is 1.41 bits per heavy atom. The Balaban J connectivity index is 2.12. The highest BCUT2D eigenvalue weighted by Gasteiger charge is 2.45. The molecule has 1 saturated carbocycles. The van der Waals surface area contributed by atoms with E-state index in [2.05, 4.69) is 15.2 Å². The van der Waals surface area contributed by atoms with Gasteiger partial charge in [-0.2, -0.15) is 10.2 Å². The van der Waals surface area contributed by atoms with Crippen molar-refractivity contribution in [1.29, 1.82) is 0 Å². The average Bonchev–Trinajstić information content (AvgIpc) is 2.75. The molecule has 1 aliphatic carbocycles. The van der Waals surface area contributed by atoms with Crippen LogP contribution in [0.15, 0.2) is 12.5 Å². The van der Waals surface area contributed by atoms with Crippen molar-refractivity contribution in [3.63, 3.8) is 0 Å². The lowest BCUT2D eigenvalue weighted by atomic mass is 9.76. The maximum absolute atomic E-state index is 5.88. The fourth-order valence-electron chi connectivity index (χ4n) is 2.48. The molecule has 1 aliphatic rings. The Bertz CT molecular complexity index is 529. The molecular weight excluding hydrogens is 216 g/mol. The van der Waals surface area contributed by atoms with Crippen LogP contribution in [0.25, 0.3) is 0 Å². The van der Waals surface area contributed by atoms with E-state index >= 15 is 0 Å². The van der Waals surface area contributed by atoms with Crippen molar-refractivity contribution in [2.75, 3.05) is 5.73 Å². The molecule has 6 nitrogen and oxygen atoms in total. The van der Waals surface area contributed by atoms with Crippen molar-refractivity contribution < 1.29 is 0 Å². The van der Waals surface area contributed by atoms with Crippen LogP contribution < -0.4 is 5.73 Å². The largest absolute Gasteiger partial charge is 0.396 e. The van der Waals surface area contributed by atoms with Crippen molar-refractivity contribution in [3.05, 3.63) is 24.0 Å². The topological polar surface area (TPSA) is 74.5 Å². The highest BCUT2D eigenvalue weighted by molar-refractivity contribution is 5.40. The predicted octanol–water partition coefficient (Wildman–Crippen LogP) is 0.830. The van der Waals surface area contributed by atoms with Crippen LogP contribution in [0.2, 0.25) is 0 Å². The molecule has 0 atom stereocenters. The van der Waals surface area contributed by atoms with Crippen LogP contribution in [0, 0.1) is 6.92 Å². The van der Waals surface area contributed by atoms with Gasteiger partial charge in [0.1, 0.15) is 11.9 Å². The molecule has 2 aromatic heterocycles. The zero-order valence-electron chi connectivity index (χ0n) is 10.1. The summed E-state index contributed by atoms with van der Waals surface area (Å²) in [5.41, 5.74) is 7.34. The van der Waals surface area contributed by atoms with Gasteiger partial charge in [-0.15, -0.1) is 0 Å². The van der Waals surface area contributed by atoms with Gasteiger partial charge in [0.15, 0.2) is 5.82 Å². The van der Waals surface area contributed by atoms with E-state index in [1.54, 1.807) is 6.33 Å². The van der Waals surface area contributed by atoms with E-state index in [4.69, 9.17) is 5.73 Å². The number of aromatic nitrogens is 5. The van der Waals surface area contributed by atoms with Gasteiger partial charge in [0.05, 0.1) is 11.4 Å². The number of aryl methyl sites for hydroxylation is 2. The first kappa shape index (κ1) is 10.3. The second-order valence-corrected chi connectivity index (χ2v) is 4.71. The van der Waals surface area contributed by atoms with Crippen LogP contribution >= 0.6 is 0 Å². The lowest BCUT2D eigenvalue weighted by Gasteiger charge is -2.40. The standard InChI is InChI=1S/C11H16N6/c1-8-9(12)6-17(15-8)11(4-3-5-11)10-13-7-14-16(10)2/h6-7H,3-5,12H2,1-2H3. The lowest BCUT2D eigenvalue weighted by Crippen LogP contribution is -2.44. The van der Waals surface area contributed by atoms with Gasteiger partial charge >= 0.3 is 0 Å². The maximum Gasteiger partial charge on any atom is 0.154 e. The number of nitrogen functional groups attached to an aromatic ring is 1. The highest BCUT2D eigenvalue weighted by atomic mass is 15.4. The fraction of sp³-hybridized carbons (Fsp3) is 0.545. The smallest absolute Gasteiger partial charge is 0.154 e. The molecular formula is C11H16N6. The van der Waals surface area contributed by atoms with Crippen LogP contribution in [-0.4, -0.2) is 24.5 Å². The van der Waals surface area contributed by atoms with Gasteiger partial charge in [-0.05, 0) is 26.2 Å². The molecule has 0 unspecified atom stereocenters. The molecule has 90 valence electrons. The van der Waals surface area contributed by atoms with Crippen LogP contribution in [0.4, 0.5) is 5.69 Å². The molecule has 17 heavy (non-hydrogen) atoms. The van der Waals surface area contributed by atoms with Crippen LogP contribution in [-0.2, 0) is 12.6 Å². The second kappa shape index (κ2) is 3.32. The van der Waals surface area contributed by atoms with E-state index in [0.717, 1.165) is 30.0 Å². The minimum Gasteiger partial charge on any atom is -0.396 e. The summed E-state index contributed by atoms with van der Waals surface area (Å²) in [7, 11) is 1.92. The van der Waals surface area contributed by atoms with Gasteiger partial charge in [-0.25, -0.2) is 4.98 Å². The van der Waals surface area contributed by atoms with Crippen LogP contribution in [0.1, 0.15) is 30.8 Å². The Kier molecular flexibility index (Phi) is 2.01. The number of hydrogen-bond donors (Lipinski definition) is 1. The SMILES string of the molecule is Cc1nn(C2(c3ncnn3C)CCC2)cc1N. The molecule has 3 rings (SSSR count). The molecule has 6 heteroatoms. The number of anilines is 1. The summed E-state index contributed by atoms with van der Waals surface area (Å²) in [5, 5.41) is 8.66. The molecule has 2 N–H and O–H groups in total. The van der Waals surface area contributed by atoms with Gasteiger partial charge < -0.3 is 5.73 Å². The zero-order valence-corrected chi connectivity index (χ0v) is 10.1. The van der Waals surface area contributed by atoms with Gasteiger partial charge in [0.25, 0.3) is 0 Å². The van der Waals surface area contributed by atoms with E-state index in [-0.39, 0.29) is 5.54 Å². The van der Waals surface area contributed by atoms with Gasteiger partial charge in [0, 0.05) is 13.2 Å². The van der Waals surface area contributed by atoms with Crippen LogP contribution in [0.3, 0.4) is 0 Å². The van der Waals surface area contributed by atoms with E-state index in [0.29, 0.717) is 0 Å². The average molecular weight is 232 g/mol. The number of nitrogens with two attached hydrogens (primary N) is 1. The molecule has 2 heterocycles. The van der Waals surface area contributed by atoms with E-state index in [1.807, 2.05) is 29.5 Å². The zero-order chi connectivity index (χ0) is 12.0. The van der Waals surface area contributed by atoms with Crippen molar-refractivity contribution in [1.82, 2.24) is 24.5 Å². The van der Waals surface area contributed by atoms with Crippen molar-refractivity contribution >= 4 is 5.69 Å². The third-order valence-corrected chi connectivity index (χ3v) is 3.68.